The molecule has 0 aromatic carbocycles. The van der Waals surface area contributed by atoms with E-state index in [4.69, 9.17) is 22.1 Å². The van der Waals surface area contributed by atoms with Crippen molar-refractivity contribution in [2.45, 2.75) is 0 Å². The van der Waals surface area contributed by atoms with E-state index in [1.807, 2.05) is 0 Å². The van der Waals surface area contributed by atoms with Gasteiger partial charge in [-0.3, -0.25) is 0 Å². The zero-order valence-electron chi connectivity index (χ0n) is 7.75. The number of nitrogens with two attached hydrogens (primary N) is 1. The molecule has 2 aromatic rings. The van der Waals surface area contributed by atoms with Crippen LogP contribution in [0.4, 0.5) is 5.95 Å². The molecule has 2 N–H and O–H groups in total. The van der Waals surface area contributed by atoms with Crippen molar-refractivity contribution >= 4 is 17.5 Å². The summed E-state index contributed by atoms with van der Waals surface area (Å²) in [6, 6.07) is 0.129. The Morgan fingerprint density at radius 3 is 2.80 bits per heavy atom. The highest BCUT2D eigenvalue weighted by Crippen LogP contribution is 2.11. The summed E-state index contributed by atoms with van der Waals surface area (Å²) in [6.45, 7) is 0. The quantitative estimate of drug-likeness (QED) is 0.792. The first-order valence-corrected chi connectivity index (χ1v) is 4.33. The van der Waals surface area contributed by atoms with E-state index in [-0.39, 0.29) is 17.9 Å². The van der Waals surface area contributed by atoms with Crippen molar-refractivity contribution in [2.75, 3.05) is 12.8 Å². The number of hydrogen-bond acceptors (Lipinski definition) is 6. The Morgan fingerprint density at radius 1 is 1.40 bits per heavy atom. The molecule has 8 heteroatoms. The van der Waals surface area contributed by atoms with Gasteiger partial charge in [0.1, 0.15) is 0 Å². The minimum Gasteiger partial charge on any atom is -0.467 e. The third kappa shape index (κ3) is 1.96. The number of anilines is 1. The van der Waals surface area contributed by atoms with Crippen LogP contribution in [-0.2, 0) is 0 Å². The van der Waals surface area contributed by atoms with Crippen molar-refractivity contribution in [1.82, 2.24) is 24.7 Å². The Kier molecular flexibility index (Phi) is 2.38. The summed E-state index contributed by atoms with van der Waals surface area (Å²) < 4.78 is 6.23. The number of nitrogens with zero attached hydrogens (tertiary/aromatic N) is 5. The first kappa shape index (κ1) is 9.66. The van der Waals surface area contributed by atoms with E-state index in [0.29, 0.717) is 5.02 Å². The van der Waals surface area contributed by atoms with Gasteiger partial charge in [-0.15, -0.1) is 0 Å². The third-order valence-electron chi connectivity index (χ3n) is 1.56. The lowest BCUT2D eigenvalue weighted by Crippen LogP contribution is -2.07. The van der Waals surface area contributed by atoms with Crippen molar-refractivity contribution < 1.29 is 4.74 Å². The van der Waals surface area contributed by atoms with Crippen molar-refractivity contribution in [3.63, 3.8) is 0 Å². The lowest BCUT2D eigenvalue weighted by molar-refractivity contribution is 0.377. The normalized spacial score (nSPS) is 10.3. The maximum Gasteiger partial charge on any atom is 0.322 e. The molecule has 0 spiro atoms. The summed E-state index contributed by atoms with van der Waals surface area (Å²) in [5, 5.41) is 4.40. The van der Waals surface area contributed by atoms with E-state index < -0.39 is 0 Å². The summed E-state index contributed by atoms with van der Waals surface area (Å²) in [7, 11) is 1.44. The molecule has 7 nitrogen and oxygen atoms in total. The number of hydrogen-bond donors (Lipinski definition) is 1. The van der Waals surface area contributed by atoms with Gasteiger partial charge < -0.3 is 10.5 Å². The van der Waals surface area contributed by atoms with Crippen LogP contribution in [0.2, 0.25) is 5.02 Å². The SMILES string of the molecule is COc1nc(N)nc(-n2cc(Cl)cn2)n1. The molecule has 15 heavy (non-hydrogen) atoms. The summed E-state index contributed by atoms with van der Waals surface area (Å²) in [6.07, 6.45) is 3.02. The molecule has 2 aromatic heterocycles. The Hall–Kier alpha value is -1.89. The molecule has 0 amide bonds. The van der Waals surface area contributed by atoms with Crippen LogP contribution in [0.5, 0.6) is 6.01 Å². The van der Waals surface area contributed by atoms with Gasteiger partial charge in [-0.25, -0.2) is 4.68 Å². The Labute approximate surface area is 89.9 Å². The average molecular weight is 227 g/mol. The van der Waals surface area contributed by atoms with Crippen molar-refractivity contribution in [2.24, 2.45) is 0 Å². The van der Waals surface area contributed by atoms with E-state index in [9.17, 15) is 0 Å². The van der Waals surface area contributed by atoms with Crippen LogP contribution in [-0.4, -0.2) is 31.8 Å². The zero-order chi connectivity index (χ0) is 10.8. The number of rotatable bonds is 2. The molecule has 2 heterocycles. The highest BCUT2D eigenvalue weighted by Gasteiger charge is 2.07. The second-order valence-electron chi connectivity index (χ2n) is 2.58. The van der Waals surface area contributed by atoms with Crippen LogP contribution < -0.4 is 10.5 Å². The predicted molar refractivity (Wildman–Crippen MR) is 52.9 cm³/mol. The number of ether oxygens (including phenoxy) is 1. The minimum absolute atomic E-state index is 0.0588. The predicted octanol–water partition coefficient (Wildman–Crippen LogP) is 0.301. The van der Waals surface area contributed by atoms with Crippen LogP contribution >= 0.6 is 11.6 Å². The van der Waals surface area contributed by atoms with E-state index >= 15 is 0 Å². The summed E-state index contributed by atoms with van der Waals surface area (Å²) in [5.74, 6) is 0.315. The van der Waals surface area contributed by atoms with Crippen LogP contribution in [0.1, 0.15) is 0 Å². The molecule has 0 aliphatic rings. The van der Waals surface area contributed by atoms with Crippen LogP contribution in [0.25, 0.3) is 5.95 Å². The Morgan fingerprint density at radius 2 is 2.20 bits per heavy atom. The maximum atomic E-state index is 5.71. The molecule has 0 aliphatic heterocycles. The second kappa shape index (κ2) is 3.70. The highest BCUT2D eigenvalue weighted by atomic mass is 35.5. The van der Waals surface area contributed by atoms with Gasteiger partial charge in [-0.1, -0.05) is 11.6 Å². The summed E-state index contributed by atoms with van der Waals surface area (Å²) in [5.41, 5.74) is 5.46. The fourth-order valence-corrected chi connectivity index (χ4v) is 1.10. The summed E-state index contributed by atoms with van der Waals surface area (Å²) >= 11 is 5.71. The first-order valence-electron chi connectivity index (χ1n) is 3.95. The molecular weight excluding hydrogens is 220 g/mol. The van der Waals surface area contributed by atoms with Crippen LogP contribution in [0.3, 0.4) is 0 Å². The second-order valence-corrected chi connectivity index (χ2v) is 3.02. The zero-order valence-corrected chi connectivity index (χ0v) is 8.51. The van der Waals surface area contributed by atoms with Crippen LogP contribution in [0, 0.1) is 0 Å². The summed E-state index contributed by atoms with van der Waals surface area (Å²) in [4.78, 5) is 11.6. The maximum absolute atomic E-state index is 5.71. The van der Waals surface area contributed by atoms with Gasteiger partial charge in [-0.2, -0.15) is 20.1 Å². The van der Waals surface area contributed by atoms with Gasteiger partial charge in [0.2, 0.25) is 5.95 Å². The first-order chi connectivity index (χ1) is 7.19. The van der Waals surface area contributed by atoms with Gasteiger partial charge in [0.05, 0.1) is 24.5 Å². The molecule has 2 rings (SSSR count). The fourth-order valence-electron chi connectivity index (χ4n) is 0.965. The smallest absolute Gasteiger partial charge is 0.322 e. The number of nitrogen functional groups attached to an aromatic ring is 1. The van der Waals surface area contributed by atoms with Gasteiger partial charge in [0.25, 0.3) is 5.95 Å². The Bertz CT molecular complexity index is 484. The number of aromatic nitrogens is 5. The molecule has 0 atom stereocenters. The average Bonchev–Trinajstić information content (AvgIpc) is 2.64. The van der Waals surface area contributed by atoms with Crippen molar-refractivity contribution in [3.05, 3.63) is 17.4 Å². The molecule has 0 saturated heterocycles. The highest BCUT2D eigenvalue weighted by molar-refractivity contribution is 6.30. The number of methoxy groups -OCH3 is 1. The van der Waals surface area contributed by atoms with E-state index in [1.54, 1.807) is 6.20 Å². The monoisotopic (exact) mass is 226 g/mol. The van der Waals surface area contributed by atoms with E-state index in [0.717, 1.165) is 0 Å². The van der Waals surface area contributed by atoms with Crippen molar-refractivity contribution in [1.29, 1.82) is 0 Å². The largest absolute Gasteiger partial charge is 0.467 e. The molecule has 0 saturated carbocycles. The van der Waals surface area contributed by atoms with E-state index in [2.05, 4.69) is 20.1 Å². The molecule has 0 radical (unpaired) electrons. The van der Waals surface area contributed by atoms with E-state index in [1.165, 1.54) is 18.0 Å². The molecule has 0 fully saturated rings. The standard InChI is InChI=1S/C7H7ClN6O/c1-15-7-12-5(9)11-6(13-7)14-3-4(8)2-10-14/h2-3H,1H3,(H2,9,11,12,13). The van der Waals surface area contributed by atoms with Crippen LogP contribution in [0.15, 0.2) is 12.4 Å². The van der Waals surface area contributed by atoms with Gasteiger partial charge in [-0.05, 0) is 0 Å². The topological polar surface area (TPSA) is 91.7 Å². The molecule has 0 unspecified atom stereocenters. The van der Waals surface area contributed by atoms with Crippen molar-refractivity contribution in [3.8, 4) is 12.0 Å². The molecule has 0 bridgehead atoms. The van der Waals surface area contributed by atoms with Gasteiger partial charge in [0, 0.05) is 0 Å². The van der Waals surface area contributed by atoms with Gasteiger partial charge in [0.15, 0.2) is 0 Å². The number of halogens is 1. The minimum atomic E-state index is 0.0588. The molecular formula is C7H7ClN6O. The Balaban J connectivity index is 2.48. The lowest BCUT2D eigenvalue weighted by atomic mass is 10.7. The fraction of sp³-hybridized carbons (Fsp3) is 0.143. The third-order valence-corrected chi connectivity index (χ3v) is 1.75. The van der Waals surface area contributed by atoms with Gasteiger partial charge >= 0.3 is 6.01 Å². The molecule has 78 valence electrons. The molecule has 0 aliphatic carbocycles. The lowest BCUT2D eigenvalue weighted by Gasteiger charge is -2.02.